The van der Waals surface area contributed by atoms with E-state index < -0.39 is 0 Å². The van der Waals surface area contributed by atoms with Gasteiger partial charge in [0.2, 0.25) is 0 Å². The third-order valence-electron chi connectivity index (χ3n) is 1.83. The third-order valence-corrected chi connectivity index (χ3v) is 1.83. The Hall–Kier alpha value is -0.850. The lowest BCUT2D eigenvalue weighted by Crippen LogP contribution is -2.00. The summed E-state index contributed by atoms with van der Waals surface area (Å²) in [4.78, 5) is 4.27. The molecule has 0 saturated carbocycles. The zero-order valence-electron chi connectivity index (χ0n) is 8.43. The molecule has 0 radical (unpaired) electrons. The van der Waals surface area contributed by atoms with Crippen molar-refractivity contribution in [1.82, 2.24) is 0 Å². The summed E-state index contributed by atoms with van der Waals surface area (Å²) in [7, 11) is 0. The molecule has 0 atom stereocenters. The predicted molar refractivity (Wildman–Crippen MR) is 56.6 cm³/mol. The summed E-state index contributed by atoms with van der Waals surface area (Å²) < 4.78 is 0. The van der Waals surface area contributed by atoms with Gasteiger partial charge >= 0.3 is 0 Å². The van der Waals surface area contributed by atoms with Gasteiger partial charge in [0.15, 0.2) is 0 Å². The lowest BCUT2D eigenvalue weighted by Gasteiger charge is -2.05. The van der Waals surface area contributed by atoms with Gasteiger partial charge in [-0.1, -0.05) is 32.9 Å². The average molecular weight is 165 g/mol. The highest BCUT2D eigenvalue weighted by atomic mass is 14.7. The zero-order chi connectivity index (χ0) is 9.40. The molecule has 0 unspecified atom stereocenters. The standard InChI is InChI=1S/C11H19N/c1-5-9-11(12-8-4)10(6-2)7-3/h6,8H,4-5,7,9H2,1-3H3/b10-6-,12-11?. The Labute approximate surface area is 75.9 Å². The van der Waals surface area contributed by atoms with E-state index >= 15 is 0 Å². The zero-order valence-corrected chi connectivity index (χ0v) is 8.43. The van der Waals surface area contributed by atoms with Crippen molar-refractivity contribution in [2.24, 2.45) is 4.99 Å². The Kier molecular flexibility index (Phi) is 6.35. The van der Waals surface area contributed by atoms with Gasteiger partial charge in [-0.05, 0) is 25.3 Å². The average Bonchev–Trinajstić information content (AvgIpc) is 2.07. The minimum absolute atomic E-state index is 1.06. The maximum atomic E-state index is 4.27. The molecule has 0 aromatic rings. The van der Waals surface area contributed by atoms with Gasteiger partial charge in [0.1, 0.15) is 0 Å². The van der Waals surface area contributed by atoms with Crippen LogP contribution in [-0.2, 0) is 0 Å². The minimum Gasteiger partial charge on any atom is -0.262 e. The first-order chi connectivity index (χ1) is 5.79. The number of rotatable bonds is 5. The Balaban J connectivity index is 4.48. The van der Waals surface area contributed by atoms with Crippen LogP contribution in [0.25, 0.3) is 0 Å². The van der Waals surface area contributed by atoms with Gasteiger partial charge in [0.25, 0.3) is 0 Å². The second-order valence-corrected chi connectivity index (χ2v) is 2.68. The van der Waals surface area contributed by atoms with E-state index in [-0.39, 0.29) is 0 Å². The molecule has 0 rings (SSSR count). The maximum absolute atomic E-state index is 4.27. The molecule has 1 nitrogen and oxygen atoms in total. The molecule has 0 N–H and O–H groups in total. The van der Waals surface area contributed by atoms with Gasteiger partial charge in [-0.3, -0.25) is 4.99 Å². The molecule has 0 aromatic heterocycles. The van der Waals surface area contributed by atoms with Crippen LogP contribution in [0.1, 0.15) is 40.0 Å². The molecular formula is C11H19N. The van der Waals surface area contributed by atoms with Gasteiger partial charge in [0.05, 0.1) is 0 Å². The fourth-order valence-electron chi connectivity index (χ4n) is 1.23. The highest BCUT2D eigenvalue weighted by Crippen LogP contribution is 2.09. The fourth-order valence-corrected chi connectivity index (χ4v) is 1.23. The van der Waals surface area contributed by atoms with Crippen LogP contribution in [0.2, 0.25) is 0 Å². The van der Waals surface area contributed by atoms with Crippen LogP contribution < -0.4 is 0 Å². The number of allylic oxidation sites excluding steroid dienone is 2. The van der Waals surface area contributed by atoms with Crippen LogP contribution in [0, 0.1) is 0 Å². The highest BCUT2D eigenvalue weighted by molar-refractivity contribution is 6.00. The van der Waals surface area contributed by atoms with Crippen LogP contribution in [0.15, 0.2) is 29.4 Å². The van der Waals surface area contributed by atoms with Gasteiger partial charge in [-0.2, -0.15) is 0 Å². The lowest BCUT2D eigenvalue weighted by atomic mass is 10.0. The van der Waals surface area contributed by atoms with E-state index in [1.165, 1.54) is 11.3 Å². The molecule has 12 heavy (non-hydrogen) atoms. The molecule has 0 bridgehead atoms. The van der Waals surface area contributed by atoms with Crippen LogP contribution >= 0.6 is 0 Å². The van der Waals surface area contributed by atoms with Crippen molar-refractivity contribution in [2.45, 2.75) is 40.0 Å². The van der Waals surface area contributed by atoms with Crippen molar-refractivity contribution in [3.63, 3.8) is 0 Å². The number of nitrogens with zero attached hydrogens (tertiary/aromatic N) is 1. The minimum atomic E-state index is 1.06. The summed E-state index contributed by atoms with van der Waals surface area (Å²) in [5.41, 5.74) is 2.54. The highest BCUT2D eigenvalue weighted by Gasteiger charge is 2.01. The third kappa shape index (κ3) is 3.51. The van der Waals surface area contributed by atoms with E-state index in [0.29, 0.717) is 0 Å². The molecule has 0 amide bonds. The number of aliphatic imine (C=N–C) groups is 1. The normalized spacial score (nSPS) is 13.2. The van der Waals surface area contributed by atoms with Crippen molar-refractivity contribution in [2.75, 3.05) is 0 Å². The topological polar surface area (TPSA) is 12.4 Å². The monoisotopic (exact) mass is 165 g/mol. The van der Waals surface area contributed by atoms with Gasteiger partial charge in [-0.15, -0.1) is 0 Å². The lowest BCUT2D eigenvalue weighted by molar-refractivity contribution is 0.978. The summed E-state index contributed by atoms with van der Waals surface area (Å²) in [6.07, 6.45) is 7.02. The Morgan fingerprint density at radius 3 is 2.42 bits per heavy atom. The molecule has 0 aliphatic carbocycles. The summed E-state index contributed by atoms with van der Waals surface area (Å²) in [6.45, 7) is 10.0. The van der Waals surface area contributed by atoms with Crippen LogP contribution in [0.4, 0.5) is 0 Å². The largest absolute Gasteiger partial charge is 0.262 e. The first-order valence-electron chi connectivity index (χ1n) is 4.63. The molecule has 1 heteroatoms. The molecule has 68 valence electrons. The van der Waals surface area contributed by atoms with E-state index in [9.17, 15) is 0 Å². The molecule has 0 saturated heterocycles. The molecule has 0 spiro atoms. The molecule has 0 aliphatic rings. The van der Waals surface area contributed by atoms with Crippen molar-refractivity contribution in [3.8, 4) is 0 Å². The van der Waals surface area contributed by atoms with Gasteiger partial charge in [0, 0.05) is 11.9 Å². The summed E-state index contributed by atoms with van der Waals surface area (Å²) in [6, 6.07) is 0. The van der Waals surface area contributed by atoms with Crippen molar-refractivity contribution in [1.29, 1.82) is 0 Å². The first-order valence-corrected chi connectivity index (χ1v) is 4.63. The smallest absolute Gasteiger partial charge is 0.0431 e. The van der Waals surface area contributed by atoms with Gasteiger partial charge < -0.3 is 0 Å². The van der Waals surface area contributed by atoms with Gasteiger partial charge in [-0.25, -0.2) is 0 Å². The molecule has 0 heterocycles. The van der Waals surface area contributed by atoms with Crippen LogP contribution in [0.3, 0.4) is 0 Å². The Bertz CT molecular complexity index is 187. The summed E-state index contributed by atoms with van der Waals surface area (Å²) in [5, 5.41) is 0. The number of hydrogen-bond acceptors (Lipinski definition) is 1. The Morgan fingerprint density at radius 2 is 2.08 bits per heavy atom. The summed E-state index contributed by atoms with van der Waals surface area (Å²) >= 11 is 0. The van der Waals surface area contributed by atoms with E-state index in [4.69, 9.17) is 0 Å². The first kappa shape index (κ1) is 11.2. The fraction of sp³-hybridized carbons (Fsp3) is 0.545. The second kappa shape index (κ2) is 6.84. The number of hydrogen-bond donors (Lipinski definition) is 0. The van der Waals surface area contributed by atoms with Crippen molar-refractivity contribution < 1.29 is 0 Å². The molecule has 0 fully saturated rings. The molecule has 0 aromatic carbocycles. The van der Waals surface area contributed by atoms with E-state index in [2.05, 4.69) is 38.4 Å². The van der Waals surface area contributed by atoms with Crippen LogP contribution in [0.5, 0.6) is 0 Å². The Morgan fingerprint density at radius 1 is 1.42 bits per heavy atom. The second-order valence-electron chi connectivity index (χ2n) is 2.68. The van der Waals surface area contributed by atoms with Crippen LogP contribution in [-0.4, -0.2) is 5.71 Å². The van der Waals surface area contributed by atoms with E-state index in [1.807, 2.05) is 0 Å². The van der Waals surface area contributed by atoms with E-state index in [1.54, 1.807) is 6.20 Å². The predicted octanol–water partition coefficient (Wildman–Crippen LogP) is 3.73. The maximum Gasteiger partial charge on any atom is 0.0431 e. The summed E-state index contributed by atoms with van der Waals surface area (Å²) in [5.74, 6) is 0. The van der Waals surface area contributed by atoms with Crippen molar-refractivity contribution >= 4 is 5.71 Å². The van der Waals surface area contributed by atoms with E-state index in [0.717, 1.165) is 19.3 Å². The quantitative estimate of drug-likeness (QED) is 0.550. The molecule has 0 aliphatic heterocycles. The SMILES string of the molecule is C=CN=C(CCC)/C(=C\C)CC. The molecular weight excluding hydrogens is 146 g/mol. The van der Waals surface area contributed by atoms with Crippen molar-refractivity contribution in [3.05, 3.63) is 24.4 Å².